The summed E-state index contributed by atoms with van der Waals surface area (Å²) in [5.41, 5.74) is -1.27. The highest BCUT2D eigenvalue weighted by Gasteiger charge is 2.51. The zero-order valence-electron chi connectivity index (χ0n) is 13.5. The maximum atomic E-state index is 12.4. The molecule has 0 aromatic carbocycles. The summed E-state index contributed by atoms with van der Waals surface area (Å²) in [5.74, 6) is -1.18. The molecule has 0 aromatic heterocycles. The molecule has 0 fully saturated rings. The Kier molecular flexibility index (Phi) is 6.65. The van der Waals surface area contributed by atoms with Crippen LogP contribution in [0.5, 0.6) is 0 Å². The minimum atomic E-state index is -1.27. The fraction of sp³-hybridized carbons (Fsp3) is 0.647. The van der Waals surface area contributed by atoms with Gasteiger partial charge in [0.15, 0.2) is 5.78 Å². The van der Waals surface area contributed by atoms with E-state index in [9.17, 15) is 19.2 Å². The van der Waals surface area contributed by atoms with E-state index in [-0.39, 0.29) is 55.6 Å². The highest BCUT2D eigenvalue weighted by atomic mass is 16.5. The van der Waals surface area contributed by atoms with E-state index in [1.54, 1.807) is 13.0 Å². The minimum Gasteiger partial charge on any atom is -0.465 e. The first-order valence-electron chi connectivity index (χ1n) is 7.74. The molecule has 0 amide bonds. The third-order valence-electron chi connectivity index (χ3n) is 4.23. The molecular formula is C17H24O5. The summed E-state index contributed by atoms with van der Waals surface area (Å²) in [6.07, 6.45) is 4.38. The molecule has 0 N–H and O–H groups in total. The van der Waals surface area contributed by atoms with E-state index in [0.29, 0.717) is 6.42 Å². The van der Waals surface area contributed by atoms with E-state index in [1.807, 2.05) is 6.92 Å². The van der Waals surface area contributed by atoms with E-state index in [2.05, 4.69) is 0 Å². The van der Waals surface area contributed by atoms with Gasteiger partial charge in [-0.3, -0.25) is 14.4 Å². The normalized spacial score (nSPS) is 24.1. The van der Waals surface area contributed by atoms with Crippen LogP contribution in [-0.2, 0) is 23.9 Å². The molecule has 22 heavy (non-hydrogen) atoms. The molecule has 0 heterocycles. The van der Waals surface area contributed by atoms with Crippen molar-refractivity contribution in [2.75, 3.05) is 6.61 Å². The van der Waals surface area contributed by atoms with Gasteiger partial charge >= 0.3 is 5.97 Å². The van der Waals surface area contributed by atoms with Gasteiger partial charge < -0.3 is 9.53 Å². The number of esters is 1. The largest absolute Gasteiger partial charge is 0.465 e. The van der Waals surface area contributed by atoms with Crippen molar-refractivity contribution in [1.29, 1.82) is 0 Å². The molecule has 0 aromatic rings. The second-order valence-electron chi connectivity index (χ2n) is 5.84. The number of Topliss-reactive ketones (excluding diaryl/α,β-unsaturated/α-hetero) is 2. The number of rotatable bonds is 8. The Morgan fingerprint density at radius 1 is 1.27 bits per heavy atom. The zero-order valence-corrected chi connectivity index (χ0v) is 13.5. The quantitative estimate of drug-likeness (QED) is 0.508. The molecule has 5 heteroatoms. The number of carbonyl (C=O) groups is 4. The Hall–Kier alpha value is -1.78. The van der Waals surface area contributed by atoms with E-state index in [1.165, 1.54) is 13.0 Å². The van der Waals surface area contributed by atoms with E-state index in [4.69, 9.17) is 4.74 Å². The van der Waals surface area contributed by atoms with Gasteiger partial charge in [0.1, 0.15) is 17.0 Å². The molecule has 5 nitrogen and oxygen atoms in total. The second kappa shape index (κ2) is 8.01. The molecule has 1 aliphatic carbocycles. The topological polar surface area (TPSA) is 77.5 Å². The zero-order chi connectivity index (χ0) is 16.8. The third kappa shape index (κ3) is 4.12. The molecule has 0 aliphatic heterocycles. The van der Waals surface area contributed by atoms with Gasteiger partial charge in [0.2, 0.25) is 0 Å². The van der Waals surface area contributed by atoms with Crippen LogP contribution in [0.3, 0.4) is 0 Å². The molecular weight excluding hydrogens is 284 g/mol. The highest BCUT2D eigenvalue weighted by molar-refractivity contribution is 6.10. The maximum Gasteiger partial charge on any atom is 0.320 e. The Balaban J connectivity index is 2.86. The summed E-state index contributed by atoms with van der Waals surface area (Å²) in [6.45, 7) is 5.16. The predicted molar refractivity (Wildman–Crippen MR) is 81.2 cm³/mol. The van der Waals surface area contributed by atoms with Crippen molar-refractivity contribution < 1.29 is 23.9 Å². The van der Waals surface area contributed by atoms with Gasteiger partial charge in [-0.05, 0) is 38.7 Å². The molecule has 1 aliphatic rings. The van der Waals surface area contributed by atoms with Crippen molar-refractivity contribution in [3.05, 3.63) is 12.2 Å². The lowest BCUT2D eigenvalue weighted by Gasteiger charge is -2.36. The van der Waals surface area contributed by atoms with Crippen LogP contribution in [0.2, 0.25) is 0 Å². The number of ether oxygens (including phenoxy) is 1. The number of hydrogen-bond acceptors (Lipinski definition) is 5. The molecule has 1 rings (SSSR count). The van der Waals surface area contributed by atoms with Crippen molar-refractivity contribution in [3.63, 3.8) is 0 Å². The fourth-order valence-electron chi connectivity index (χ4n) is 2.78. The average molecular weight is 308 g/mol. The van der Waals surface area contributed by atoms with Gasteiger partial charge in [-0.15, -0.1) is 0 Å². The Morgan fingerprint density at radius 2 is 1.95 bits per heavy atom. The van der Waals surface area contributed by atoms with Crippen LogP contribution in [0.1, 0.15) is 52.9 Å². The Bertz CT molecular complexity index is 491. The first-order valence-corrected chi connectivity index (χ1v) is 7.74. The number of carbonyl (C=O) groups excluding carboxylic acids is 4. The fourth-order valence-corrected chi connectivity index (χ4v) is 2.78. The summed E-state index contributed by atoms with van der Waals surface area (Å²) in [4.78, 5) is 47.6. The van der Waals surface area contributed by atoms with Crippen molar-refractivity contribution in [2.24, 2.45) is 11.3 Å². The second-order valence-corrected chi connectivity index (χ2v) is 5.84. The third-order valence-corrected chi connectivity index (χ3v) is 4.23. The lowest BCUT2D eigenvalue weighted by molar-refractivity contribution is -0.163. The SMILES string of the molecule is CCOC(=O)[C@]1(CCC(=O)CCC(C)=O)C(=O)C=CC[C@@H]1C. The van der Waals surface area contributed by atoms with E-state index < -0.39 is 11.4 Å². The summed E-state index contributed by atoms with van der Waals surface area (Å²) in [5, 5.41) is 0. The average Bonchev–Trinajstić information content (AvgIpc) is 2.45. The van der Waals surface area contributed by atoms with Crippen LogP contribution in [0, 0.1) is 11.3 Å². The van der Waals surface area contributed by atoms with Gasteiger partial charge in [0.05, 0.1) is 6.61 Å². The molecule has 0 radical (unpaired) electrons. The monoisotopic (exact) mass is 308 g/mol. The molecule has 122 valence electrons. The van der Waals surface area contributed by atoms with Crippen LogP contribution >= 0.6 is 0 Å². The van der Waals surface area contributed by atoms with E-state index >= 15 is 0 Å². The summed E-state index contributed by atoms with van der Waals surface area (Å²) >= 11 is 0. The number of allylic oxidation sites excluding steroid dienone is 2. The lowest BCUT2D eigenvalue weighted by Crippen LogP contribution is -2.47. The Morgan fingerprint density at radius 3 is 2.50 bits per heavy atom. The van der Waals surface area contributed by atoms with Gasteiger partial charge in [-0.2, -0.15) is 0 Å². The van der Waals surface area contributed by atoms with Gasteiger partial charge in [0, 0.05) is 19.3 Å². The molecule has 0 bridgehead atoms. The molecule has 0 saturated carbocycles. The summed E-state index contributed by atoms with van der Waals surface area (Å²) < 4.78 is 5.10. The van der Waals surface area contributed by atoms with E-state index in [0.717, 1.165) is 0 Å². The first-order chi connectivity index (χ1) is 10.3. The number of hydrogen-bond donors (Lipinski definition) is 0. The minimum absolute atomic E-state index is 0.0431. The van der Waals surface area contributed by atoms with Crippen LogP contribution in [0.15, 0.2) is 12.2 Å². The van der Waals surface area contributed by atoms with Crippen LogP contribution < -0.4 is 0 Å². The van der Waals surface area contributed by atoms with Gasteiger partial charge in [-0.1, -0.05) is 13.0 Å². The number of ketones is 3. The Labute approximate surface area is 131 Å². The maximum absolute atomic E-state index is 12.4. The predicted octanol–water partition coefficient (Wildman–Crippen LogP) is 2.42. The highest BCUT2D eigenvalue weighted by Crippen LogP contribution is 2.41. The molecule has 0 spiro atoms. The first kappa shape index (κ1) is 18.3. The van der Waals surface area contributed by atoms with Crippen LogP contribution in [0.25, 0.3) is 0 Å². The standard InChI is InChI=1S/C17H24O5/c1-4-22-16(21)17(12(2)6-5-7-15(17)20)11-10-14(19)9-8-13(3)18/h5,7,12H,4,6,8-11H2,1-3H3/t12-,17-/m0/s1. The van der Waals surface area contributed by atoms with Crippen molar-refractivity contribution in [3.8, 4) is 0 Å². The molecule has 0 saturated heterocycles. The lowest BCUT2D eigenvalue weighted by atomic mass is 9.65. The molecule has 2 atom stereocenters. The molecule has 0 unspecified atom stereocenters. The van der Waals surface area contributed by atoms with Crippen LogP contribution in [0.4, 0.5) is 0 Å². The van der Waals surface area contributed by atoms with Crippen molar-refractivity contribution in [2.45, 2.75) is 52.9 Å². The summed E-state index contributed by atoms with van der Waals surface area (Å²) in [6, 6.07) is 0. The van der Waals surface area contributed by atoms with Crippen LogP contribution in [-0.4, -0.2) is 29.9 Å². The van der Waals surface area contributed by atoms with Gasteiger partial charge in [0.25, 0.3) is 0 Å². The van der Waals surface area contributed by atoms with Crippen molar-refractivity contribution in [1.82, 2.24) is 0 Å². The summed E-state index contributed by atoms with van der Waals surface area (Å²) in [7, 11) is 0. The van der Waals surface area contributed by atoms with Crippen molar-refractivity contribution >= 4 is 23.3 Å². The smallest absolute Gasteiger partial charge is 0.320 e. The van der Waals surface area contributed by atoms with Gasteiger partial charge in [-0.25, -0.2) is 0 Å².